The van der Waals surface area contributed by atoms with E-state index in [4.69, 9.17) is 16.3 Å². The molecule has 0 aromatic heterocycles. The summed E-state index contributed by atoms with van der Waals surface area (Å²) in [6.07, 6.45) is 3.24. The number of carbonyl (C=O) groups is 2. The van der Waals surface area contributed by atoms with E-state index in [0.29, 0.717) is 10.7 Å². The Hall–Kier alpha value is -1.65. The van der Waals surface area contributed by atoms with Gasteiger partial charge in [0.25, 0.3) is 0 Å². The van der Waals surface area contributed by atoms with Crippen molar-refractivity contribution in [3.63, 3.8) is 0 Å². The van der Waals surface area contributed by atoms with Gasteiger partial charge in [0.15, 0.2) is 0 Å². The average Bonchev–Trinajstić information content (AvgIpc) is 3.08. The quantitative estimate of drug-likeness (QED) is 0.587. The van der Waals surface area contributed by atoms with Gasteiger partial charge in [0.1, 0.15) is 0 Å². The van der Waals surface area contributed by atoms with Crippen molar-refractivity contribution in [1.29, 1.82) is 0 Å². The highest BCUT2D eigenvalue weighted by molar-refractivity contribution is 6.31. The molecule has 3 aliphatic heterocycles. The van der Waals surface area contributed by atoms with Gasteiger partial charge >= 0.3 is 0 Å². The average molecular weight is 290 g/mol. The monoisotopic (exact) mass is 289 g/mol. The Kier molecular flexibility index (Phi) is 2.38. The molecule has 4 nitrogen and oxygen atoms in total. The number of fused-ring (bicyclic) bond motifs is 5. The summed E-state index contributed by atoms with van der Waals surface area (Å²) in [6.45, 7) is 1.86. The Balaban J connectivity index is 1.80. The second-order valence-electron chi connectivity index (χ2n) is 5.44. The molecule has 2 fully saturated rings. The van der Waals surface area contributed by atoms with Crippen molar-refractivity contribution in [2.45, 2.75) is 19.1 Å². The number of benzene rings is 1. The Bertz CT molecular complexity index is 639. The molecule has 4 atom stereocenters. The summed E-state index contributed by atoms with van der Waals surface area (Å²) >= 11 is 5.99. The topological polar surface area (TPSA) is 46.6 Å². The number of ether oxygens (including phenoxy) is 1. The van der Waals surface area contributed by atoms with E-state index in [-0.39, 0.29) is 35.9 Å². The van der Waals surface area contributed by atoms with Crippen LogP contribution in [0.15, 0.2) is 30.4 Å². The Morgan fingerprint density at radius 2 is 1.70 bits per heavy atom. The second kappa shape index (κ2) is 3.93. The van der Waals surface area contributed by atoms with Crippen LogP contribution >= 0.6 is 11.6 Å². The molecule has 20 heavy (non-hydrogen) atoms. The summed E-state index contributed by atoms with van der Waals surface area (Å²) < 4.78 is 5.61. The van der Waals surface area contributed by atoms with Crippen LogP contribution in [-0.4, -0.2) is 24.0 Å². The van der Waals surface area contributed by atoms with E-state index in [1.165, 1.54) is 4.90 Å². The van der Waals surface area contributed by atoms with Crippen molar-refractivity contribution in [3.8, 4) is 0 Å². The summed E-state index contributed by atoms with van der Waals surface area (Å²) in [5, 5.41) is 0.514. The zero-order valence-corrected chi connectivity index (χ0v) is 11.5. The SMILES string of the molecule is Cc1ccc(Cl)cc1N1C(=O)[C@H]2[C@H](C1=O)[C@H]1C=C[C@H]2O1. The summed E-state index contributed by atoms with van der Waals surface area (Å²) in [4.78, 5) is 26.5. The van der Waals surface area contributed by atoms with E-state index in [1.54, 1.807) is 12.1 Å². The first-order valence-corrected chi connectivity index (χ1v) is 6.93. The number of carbonyl (C=O) groups excluding carboxylic acids is 2. The van der Waals surface area contributed by atoms with Crippen LogP contribution in [0.1, 0.15) is 5.56 Å². The van der Waals surface area contributed by atoms with Crippen LogP contribution < -0.4 is 4.90 Å². The zero-order chi connectivity index (χ0) is 14.0. The highest BCUT2D eigenvalue weighted by atomic mass is 35.5. The van der Waals surface area contributed by atoms with Gasteiger partial charge in [0.05, 0.1) is 29.7 Å². The number of anilines is 1. The maximum atomic E-state index is 12.6. The molecule has 3 heterocycles. The fourth-order valence-corrected chi connectivity index (χ4v) is 3.53. The summed E-state index contributed by atoms with van der Waals surface area (Å²) in [5.41, 5.74) is 1.44. The van der Waals surface area contributed by atoms with E-state index in [2.05, 4.69) is 0 Å². The molecule has 4 rings (SSSR count). The van der Waals surface area contributed by atoms with Crippen LogP contribution in [0.3, 0.4) is 0 Å². The maximum absolute atomic E-state index is 12.6. The fourth-order valence-electron chi connectivity index (χ4n) is 3.36. The number of hydrogen-bond acceptors (Lipinski definition) is 3. The van der Waals surface area contributed by atoms with E-state index in [1.807, 2.05) is 25.1 Å². The Labute approximate surface area is 121 Å². The second-order valence-corrected chi connectivity index (χ2v) is 5.88. The lowest BCUT2D eigenvalue weighted by atomic mass is 9.85. The van der Waals surface area contributed by atoms with Crippen LogP contribution in [0.4, 0.5) is 5.69 Å². The summed E-state index contributed by atoms with van der Waals surface area (Å²) in [7, 11) is 0. The molecule has 0 aliphatic carbocycles. The van der Waals surface area contributed by atoms with E-state index in [0.717, 1.165) is 5.56 Å². The van der Waals surface area contributed by atoms with Gasteiger partial charge in [-0.2, -0.15) is 0 Å². The third-order valence-electron chi connectivity index (χ3n) is 4.32. The highest BCUT2D eigenvalue weighted by Gasteiger charge is 2.61. The molecule has 0 unspecified atom stereocenters. The molecular weight excluding hydrogens is 278 g/mol. The summed E-state index contributed by atoms with van der Waals surface area (Å²) in [5.74, 6) is -1.11. The number of halogens is 1. The van der Waals surface area contributed by atoms with Crippen molar-refractivity contribution in [1.82, 2.24) is 0 Å². The van der Waals surface area contributed by atoms with Crippen molar-refractivity contribution in [2.24, 2.45) is 11.8 Å². The minimum atomic E-state index is -0.379. The van der Waals surface area contributed by atoms with Crippen LogP contribution in [0.2, 0.25) is 5.02 Å². The van der Waals surface area contributed by atoms with Crippen LogP contribution in [0, 0.1) is 18.8 Å². The molecule has 5 heteroatoms. The van der Waals surface area contributed by atoms with Crippen molar-refractivity contribution < 1.29 is 14.3 Å². The van der Waals surface area contributed by atoms with Gasteiger partial charge in [-0.25, -0.2) is 4.90 Å². The number of amides is 2. The smallest absolute Gasteiger partial charge is 0.240 e. The Morgan fingerprint density at radius 3 is 2.30 bits per heavy atom. The van der Waals surface area contributed by atoms with Crippen LogP contribution in [0.5, 0.6) is 0 Å². The minimum Gasteiger partial charge on any atom is -0.365 e. The third kappa shape index (κ3) is 1.41. The van der Waals surface area contributed by atoms with Gasteiger partial charge in [-0.1, -0.05) is 29.8 Å². The highest BCUT2D eigenvalue weighted by Crippen LogP contribution is 2.46. The molecule has 0 N–H and O–H groups in total. The predicted molar refractivity (Wildman–Crippen MR) is 73.5 cm³/mol. The molecule has 3 aliphatic rings. The number of aryl methyl sites for hydroxylation is 1. The number of imide groups is 1. The standard InChI is InChI=1S/C15H12ClNO3/c1-7-2-3-8(16)6-9(7)17-14(18)12-10-4-5-11(20-10)13(12)15(17)19/h2-6,10-13H,1H3/t10-,11-,12-,13-/m1/s1. The molecule has 2 bridgehead atoms. The molecule has 0 spiro atoms. The van der Waals surface area contributed by atoms with Gasteiger partial charge < -0.3 is 4.74 Å². The zero-order valence-electron chi connectivity index (χ0n) is 10.7. The fraction of sp³-hybridized carbons (Fsp3) is 0.333. The normalized spacial score (nSPS) is 34.2. The molecular formula is C15H12ClNO3. The van der Waals surface area contributed by atoms with Gasteiger partial charge in [0.2, 0.25) is 11.8 Å². The van der Waals surface area contributed by atoms with Gasteiger partial charge in [-0.3, -0.25) is 9.59 Å². The lowest BCUT2D eigenvalue weighted by Crippen LogP contribution is -2.34. The van der Waals surface area contributed by atoms with Crippen molar-refractivity contribution in [2.75, 3.05) is 4.90 Å². The van der Waals surface area contributed by atoms with E-state index in [9.17, 15) is 9.59 Å². The number of nitrogens with zero attached hydrogens (tertiary/aromatic N) is 1. The first kappa shape index (κ1) is 12.1. The third-order valence-corrected chi connectivity index (χ3v) is 4.56. The molecule has 1 aromatic rings. The first-order valence-electron chi connectivity index (χ1n) is 6.55. The molecule has 2 saturated heterocycles. The van der Waals surface area contributed by atoms with E-state index >= 15 is 0 Å². The first-order chi connectivity index (χ1) is 9.58. The molecule has 2 amide bonds. The molecule has 1 aromatic carbocycles. The lowest BCUT2D eigenvalue weighted by molar-refractivity contribution is -0.124. The van der Waals surface area contributed by atoms with E-state index < -0.39 is 0 Å². The van der Waals surface area contributed by atoms with Gasteiger partial charge in [-0.15, -0.1) is 0 Å². The number of rotatable bonds is 1. The molecule has 102 valence electrons. The minimum absolute atomic E-state index is 0.179. The lowest BCUT2D eigenvalue weighted by Gasteiger charge is -2.19. The van der Waals surface area contributed by atoms with Crippen LogP contribution in [0.25, 0.3) is 0 Å². The largest absolute Gasteiger partial charge is 0.365 e. The van der Waals surface area contributed by atoms with Gasteiger partial charge in [0, 0.05) is 5.02 Å². The maximum Gasteiger partial charge on any atom is 0.240 e. The van der Waals surface area contributed by atoms with Crippen molar-refractivity contribution >= 4 is 29.1 Å². The van der Waals surface area contributed by atoms with Gasteiger partial charge in [-0.05, 0) is 24.6 Å². The van der Waals surface area contributed by atoms with Crippen molar-refractivity contribution in [3.05, 3.63) is 40.9 Å². The molecule has 0 saturated carbocycles. The molecule has 0 radical (unpaired) electrons. The van der Waals surface area contributed by atoms with Crippen LogP contribution in [-0.2, 0) is 14.3 Å². The Morgan fingerprint density at radius 1 is 1.10 bits per heavy atom. The number of hydrogen-bond donors (Lipinski definition) is 0. The summed E-state index contributed by atoms with van der Waals surface area (Å²) in [6, 6.07) is 5.24. The predicted octanol–water partition coefficient (Wildman–Crippen LogP) is 2.09.